The fourth-order valence-corrected chi connectivity index (χ4v) is 9.36. The largest absolute Gasteiger partial charge is 0.456 e. The van der Waals surface area contributed by atoms with Crippen LogP contribution < -0.4 is 21.3 Å². The quantitative estimate of drug-likeness (QED) is 0.171. The fraction of sp³-hybridized carbons (Fsp3) is 0. The van der Waals surface area contributed by atoms with Crippen LogP contribution in [0.1, 0.15) is 0 Å². The Balaban J connectivity index is 1.13. The SMILES string of the molecule is c1ccc2c(c1)B1c3cc4c(cc3N(c3ccc5c(c3)oc3ccccc35)c3cc(-c5ccc6oc7ccccc7c6c5)cc-2c31)oc1ccccc14. The second-order valence-electron chi connectivity index (χ2n) is 14.4. The van der Waals surface area contributed by atoms with Gasteiger partial charge in [0.15, 0.2) is 0 Å². The fourth-order valence-electron chi connectivity index (χ4n) is 9.36. The van der Waals surface area contributed by atoms with Crippen molar-refractivity contribution in [1.29, 1.82) is 0 Å². The van der Waals surface area contributed by atoms with E-state index in [4.69, 9.17) is 13.3 Å². The lowest BCUT2D eigenvalue weighted by molar-refractivity contribution is 0.668. The highest BCUT2D eigenvalue weighted by atomic mass is 16.3. The van der Waals surface area contributed by atoms with E-state index in [0.717, 1.165) is 94.0 Å². The van der Waals surface area contributed by atoms with Crippen molar-refractivity contribution in [3.8, 4) is 22.3 Å². The minimum Gasteiger partial charge on any atom is -0.456 e. The van der Waals surface area contributed by atoms with Crippen molar-refractivity contribution in [2.75, 3.05) is 4.90 Å². The van der Waals surface area contributed by atoms with Gasteiger partial charge in [0.25, 0.3) is 0 Å². The third-order valence-corrected chi connectivity index (χ3v) is 11.7. The molecular formula is C48H26BNO3. The summed E-state index contributed by atoms with van der Waals surface area (Å²) in [6.07, 6.45) is 0. The lowest BCUT2D eigenvalue weighted by atomic mass is 9.37. The van der Waals surface area contributed by atoms with Crippen molar-refractivity contribution in [1.82, 2.24) is 0 Å². The van der Waals surface area contributed by atoms with E-state index in [1.54, 1.807) is 0 Å². The number of nitrogens with zero attached hydrogens (tertiary/aromatic N) is 1. The van der Waals surface area contributed by atoms with Crippen molar-refractivity contribution in [2.24, 2.45) is 0 Å². The minimum absolute atomic E-state index is 0.0739. The molecular weight excluding hydrogens is 649 g/mol. The average molecular weight is 676 g/mol. The molecule has 3 aromatic heterocycles. The van der Waals surface area contributed by atoms with Gasteiger partial charge in [0.05, 0.1) is 0 Å². The number of furan rings is 3. The molecule has 2 aliphatic heterocycles. The molecule has 5 heteroatoms. The van der Waals surface area contributed by atoms with Crippen molar-refractivity contribution in [3.05, 3.63) is 158 Å². The van der Waals surface area contributed by atoms with Crippen molar-refractivity contribution < 1.29 is 13.3 Å². The molecule has 5 heterocycles. The maximum Gasteiger partial charge on any atom is 0.248 e. The second kappa shape index (κ2) is 9.87. The molecule has 0 bridgehead atoms. The average Bonchev–Trinajstić information content (AvgIpc) is 3.96. The van der Waals surface area contributed by atoms with Crippen LogP contribution in [-0.4, -0.2) is 6.71 Å². The molecule has 0 saturated heterocycles. The van der Waals surface area contributed by atoms with Gasteiger partial charge in [0, 0.05) is 61.5 Å². The summed E-state index contributed by atoms with van der Waals surface area (Å²) >= 11 is 0. The number of para-hydroxylation sites is 3. The van der Waals surface area contributed by atoms with Gasteiger partial charge in [-0.1, -0.05) is 96.5 Å². The van der Waals surface area contributed by atoms with Crippen LogP contribution in [0.2, 0.25) is 0 Å². The minimum atomic E-state index is 0.0739. The number of rotatable bonds is 2. The standard InChI is InChI=1S/C48H26BNO3/c1-5-13-38-30(9-1)37-22-28(27-17-20-45-35(21-27)32-11-3-7-15-43(32)51-45)23-41-48(37)49(38)39-25-36-33-12-4-8-16-44(33)53-47(36)26-40(39)50(41)29-18-19-34-31-10-2-6-14-42(31)52-46(34)24-29/h1-26H. The van der Waals surface area contributed by atoms with Gasteiger partial charge in [-0.25, -0.2) is 0 Å². The van der Waals surface area contributed by atoms with E-state index in [9.17, 15) is 0 Å². The normalized spacial score (nSPS) is 13.2. The first-order valence-corrected chi connectivity index (χ1v) is 18.1. The summed E-state index contributed by atoms with van der Waals surface area (Å²) in [4.78, 5) is 2.44. The lowest BCUT2D eigenvalue weighted by Gasteiger charge is -2.36. The van der Waals surface area contributed by atoms with Gasteiger partial charge in [0.2, 0.25) is 6.71 Å². The van der Waals surface area contributed by atoms with Gasteiger partial charge < -0.3 is 18.2 Å². The first kappa shape index (κ1) is 27.7. The molecule has 0 atom stereocenters. The Hall–Kier alpha value is -6.98. The van der Waals surface area contributed by atoms with Crippen LogP contribution in [0.3, 0.4) is 0 Å². The Labute approximate surface area is 303 Å². The maximum atomic E-state index is 6.56. The molecule has 0 N–H and O–H groups in total. The number of fused-ring (bicyclic) bond motifs is 14. The molecule has 244 valence electrons. The van der Waals surface area contributed by atoms with Crippen LogP contribution in [0.4, 0.5) is 17.1 Å². The Morgan fingerprint density at radius 3 is 1.74 bits per heavy atom. The Morgan fingerprint density at radius 2 is 0.962 bits per heavy atom. The van der Waals surface area contributed by atoms with Crippen LogP contribution >= 0.6 is 0 Å². The van der Waals surface area contributed by atoms with Crippen LogP contribution in [0.5, 0.6) is 0 Å². The van der Waals surface area contributed by atoms with Gasteiger partial charge in [-0.05, 0) is 87.8 Å². The first-order valence-electron chi connectivity index (χ1n) is 18.1. The summed E-state index contributed by atoms with van der Waals surface area (Å²) in [7, 11) is 0. The number of anilines is 3. The highest BCUT2D eigenvalue weighted by Gasteiger charge is 2.43. The van der Waals surface area contributed by atoms with E-state index >= 15 is 0 Å². The molecule has 13 rings (SSSR count). The zero-order chi connectivity index (χ0) is 34.4. The third-order valence-electron chi connectivity index (χ3n) is 11.7. The summed E-state index contributed by atoms with van der Waals surface area (Å²) in [6, 6.07) is 56.5. The lowest BCUT2D eigenvalue weighted by Crippen LogP contribution is -2.54. The second-order valence-corrected chi connectivity index (χ2v) is 14.4. The smallest absolute Gasteiger partial charge is 0.248 e. The van der Waals surface area contributed by atoms with Crippen molar-refractivity contribution in [2.45, 2.75) is 0 Å². The van der Waals surface area contributed by atoms with Crippen LogP contribution in [0, 0.1) is 0 Å². The van der Waals surface area contributed by atoms with Crippen LogP contribution in [-0.2, 0) is 0 Å². The molecule has 53 heavy (non-hydrogen) atoms. The first-order chi connectivity index (χ1) is 26.2. The number of hydrogen-bond donors (Lipinski definition) is 0. The molecule has 0 saturated carbocycles. The molecule has 0 aliphatic carbocycles. The van der Waals surface area contributed by atoms with E-state index in [1.807, 2.05) is 30.3 Å². The molecule has 8 aromatic carbocycles. The molecule has 2 aliphatic rings. The molecule has 11 aromatic rings. The van der Waals surface area contributed by atoms with E-state index in [-0.39, 0.29) is 6.71 Å². The summed E-state index contributed by atoms with van der Waals surface area (Å²) < 4.78 is 19.3. The molecule has 0 radical (unpaired) electrons. The molecule has 4 nitrogen and oxygen atoms in total. The molecule has 0 amide bonds. The van der Waals surface area contributed by atoms with Gasteiger partial charge in [-0.2, -0.15) is 0 Å². The Bertz CT molecular complexity index is 3380. The van der Waals surface area contributed by atoms with Gasteiger partial charge in [0.1, 0.15) is 33.5 Å². The van der Waals surface area contributed by atoms with Crippen molar-refractivity contribution >= 4 is 106 Å². The molecule has 0 unspecified atom stereocenters. The van der Waals surface area contributed by atoms with E-state index in [0.29, 0.717) is 0 Å². The highest BCUT2D eigenvalue weighted by molar-refractivity contribution is 7.01. The molecule has 0 fully saturated rings. The molecule has 0 spiro atoms. The zero-order valence-corrected chi connectivity index (χ0v) is 28.3. The van der Waals surface area contributed by atoms with Crippen molar-refractivity contribution in [3.63, 3.8) is 0 Å². The Morgan fingerprint density at radius 1 is 0.358 bits per heavy atom. The van der Waals surface area contributed by atoms with Gasteiger partial charge in [-0.15, -0.1) is 0 Å². The predicted molar refractivity (Wildman–Crippen MR) is 218 cm³/mol. The topological polar surface area (TPSA) is 42.7 Å². The van der Waals surface area contributed by atoms with E-state index in [2.05, 4.69) is 132 Å². The van der Waals surface area contributed by atoms with Gasteiger partial charge >= 0.3 is 0 Å². The summed E-state index contributed by atoms with van der Waals surface area (Å²) in [5, 5.41) is 6.75. The highest BCUT2D eigenvalue weighted by Crippen LogP contribution is 2.46. The maximum absolute atomic E-state index is 6.56. The number of benzene rings is 8. The summed E-state index contributed by atoms with van der Waals surface area (Å²) in [5.74, 6) is 0. The third kappa shape index (κ3) is 3.65. The van der Waals surface area contributed by atoms with E-state index < -0.39 is 0 Å². The van der Waals surface area contributed by atoms with Gasteiger partial charge in [-0.3, -0.25) is 0 Å². The summed E-state index contributed by atoms with van der Waals surface area (Å²) in [6.45, 7) is 0.0739. The predicted octanol–water partition coefficient (Wildman–Crippen LogP) is 11.3. The number of hydrogen-bond acceptors (Lipinski definition) is 4. The summed E-state index contributed by atoms with van der Waals surface area (Å²) in [5.41, 5.74) is 17.4. The van der Waals surface area contributed by atoms with E-state index in [1.165, 1.54) is 27.5 Å². The van der Waals surface area contributed by atoms with Crippen LogP contribution in [0.25, 0.3) is 88.1 Å². The Kier molecular flexibility index (Phi) is 5.16. The zero-order valence-electron chi connectivity index (χ0n) is 28.3. The monoisotopic (exact) mass is 675 g/mol. The van der Waals surface area contributed by atoms with Crippen LogP contribution in [0.15, 0.2) is 171 Å².